The molecule has 2 amide bonds. The van der Waals surface area contributed by atoms with Crippen molar-refractivity contribution in [3.63, 3.8) is 0 Å². The monoisotopic (exact) mass is 484 g/mol. The Labute approximate surface area is 200 Å². The van der Waals surface area contributed by atoms with Crippen LogP contribution in [0.5, 0.6) is 0 Å². The van der Waals surface area contributed by atoms with Gasteiger partial charge in [0.25, 0.3) is 5.56 Å². The molecule has 4 rings (SSSR count). The number of benzene rings is 2. The molecule has 1 heterocycles. The smallest absolute Gasteiger partial charge is 0.262 e. The number of nitrogens with zero attached hydrogens (tertiary/aromatic N) is 2. The summed E-state index contributed by atoms with van der Waals surface area (Å²) in [6.45, 7) is 1.43. The van der Waals surface area contributed by atoms with Crippen LogP contribution in [-0.4, -0.2) is 27.1 Å². The van der Waals surface area contributed by atoms with E-state index in [1.165, 1.54) is 25.1 Å². The fourth-order valence-electron chi connectivity index (χ4n) is 4.12. The van der Waals surface area contributed by atoms with Crippen LogP contribution < -0.4 is 16.2 Å². The summed E-state index contributed by atoms with van der Waals surface area (Å²) in [5.41, 5.74) is 1.63. The molecule has 33 heavy (non-hydrogen) atoms. The molecule has 0 atom stereocenters. The molecule has 2 aromatic carbocycles. The van der Waals surface area contributed by atoms with Gasteiger partial charge in [-0.15, -0.1) is 0 Å². The minimum absolute atomic E-state index is 0.0822. The molecule has 7 nitrogen and oxygen atoms in total. The van der Waals surface area contributed by atoms with E-state index in [-0.39, 0.29) is 29.2 Å². The second kappa shape index (κ2) is 10.4. The van der Waals surface area contributed by atoms with Crippen molar-refractivity contribution in [3.05, 3.63) is 57.8 Å². The Hall–Kier alpha value is -2.84. The van der Waals surface area contributed by atoms with Crippen LogP contribution in [0.4, 0.5) is 11.4 Å². The summed E-state index contributed by atoms with van der Waals surface area (Å²) in [6.07, 6.45) is 5.17. The minimum Gasteiger partial charge on any atom is -0.326 e. The number of hydrogen-bond donors (Lipinski definition) is 2. The van der Waals surface area contributed by atoms with Gasteiger partial charge in [-0.2, -0.15) is 0 Å². The highest BCUT2D eigenvalue weighted by molar-refractivity contribution is 7.99. The quantitative estimate of drug-likeness (QED) is 0.368. The van der Waals surface area contributed by atoms with Gasteiger partial charge in [0, 0.05) is 29.4 Å². The van der Waals surface area contributed by atoms with Crippen molar-refractivity contribution in [2.24, 2.45) is 0 Å². The molecule has 1 aliphatic rings. The zero-order chi connectivity index (χ0) is 23.4. The lowest BCUT2D eigenvalue weighted by Crippen LogP contribution is -2.29. The highest BCUT2D eigenvalue weighted by atomic mass is 35.5. The van der Waals surface area contributed by atoms with Crippen molar-refractivity contribution in [1.82, 2.24) is 9.55 Å². The molecule has 0 spiro atoms. The lowest BCUT2D eigenvalue weighted by molar-refractivity contribution is -0.114. The molecule has 3 aromatic rings. The van der Waals surface area contributed by atoms with Crippen LogP contribution in [0.15, 0.2) is 52.4 Å². The lowest BCUT2D eigenvalue weighted by atomic mass is 9.95. The zero-order valence-corrected chi connectivity index (χ0v) is 19.8. The Bertz CT molecular complexity index is 1250. The molecular weight excluding hydrogens is 460 g/mol. The van der Waals surface area contributed by atoms with Crippen LogP contribution >= 0.6 is 23.4 Å². The molecule has 1 saturated carbocycles. The first-order valence-electron chi connectivity index (χ1n) is 10.9. The number of thioether (sulfide) groups is 1. The van der Waals surface area contributed by atoms with Gasteiger partial charge in [-0.1, -0.05) is 48.7 Å². The van der Waals surface area contributed by atoms with E-state index in [9.17, 15) is 14.4 Å². The number of hydrogen-bond acceptors (Lipinski definition) is 5. The summed E-state index contributed by atoms with van der Waals surface area (Å²) < 4.78 is 1.77. The molecule has 0 saturated heterocycles. The second-order valence-corrected chi connectivity index (χ2v) is 9.50. The third kappa shape index (κ3) is 5.75. The maximum absolute atomic E-state index is 13.4. The van der Waals surface area contributed by atoms with E-state index >= 15 is 0 Å². The molecule has 0 unspecified atom stereocenters. The first-order valence-corrected chi connectivity index (χ1v) is 12.3. The molecule has 172 valence electrons. The predicted molar refractivity (Wildman–Crippen MR) is 133 cm³/mol. The zero-order valence-electron chi connectivity index (χ0n) is 18.3. The summed E-state index contributed by atoms with van der Waals surface area (Å²) in [6, 6.07) is 12.1. The highest BCUT2D eigenvalue weighted by Gasteiger charge is 2.22. The fourth-order valence-corrected chi connectivity index (χ4v) is 5.15. The summed E-state index contributed by atoms with van der Waals surface area (Å²) >= 11 is 7.37. The number of aromatic nitrogens is 2. The van der Waals surface area contributed by atoms with Gasteiger partial charge in [-0.25, -0.2) is 4.98 Å². The molecule has 0 bridgehead atoms. The van der Waals surface area contributed by atoms with Gasteiger partial charge in [-0.3, -0.25) is 19.0 Å². The topological polar surface area (TPSA) is 93.1 Å². The van der Waals surface area contributed by atoms with E-state index in [0.717, 1.165) is 25.7 Å². The Morgan fingerprint density at radius 2 is 1.82 bits per heavy atom. The van der Waals surface area contributed by atoms with Gasteiger partial charge < -0.3 is 10.6 Å². The number of amides is 2. The van der Waals surface area contributed by atoms with Crippen molar-refractivity contribution in [1.29, 1.82) is 0 Å². The van der Waals surface area contributed by atoms with Crippen molar-refractivity contribution < 1.29 is 9.59 Å². The molecule has 0 radical (unpaired) electrons. The lowest BCUT2D eigenvalue weighted by Gasteiger charge is -2.26. The number of anilines is 2. The molecule has 1 aliphatic carbocycles. The third-order valence-electron chi connectivity index (χ3n) is 5.57. The number of carbonyl (C=O) groups is 2. The van der Waals surface area contributed by atoms with Crippen LogP contribution in [0, 0.1) is 0 Å². The van der Waals surface area contributed by atoms with E-state index in [0.29, 0.717) is 32.5 Å². The highest BCUT2D eigenvalue weighted by Crippen LogP contribution is 2.31. The summed E-state index contributed by atoms with van der Waals surface area (Å²) in [5.74, 6) is -0.317. The van der Waals surface area contributed by atoms with E-state index in [1.54, 1.807) is 47.0 Å². The average Bonchev–Trinajstić information content (AvgIpc) is 2.78. The van der Waals surface area contributed by atoms with Gasteiger partial charge in [0.05, 0.1) is 16.7 Å². The largest absolute Gasteiger partial charge is 0.326 e. The molecule has 1 fully saturated rings. The molecule has 0 aliphatic heterocycles. The molecule has 9 heteroatoms. The standard InChI is InChI=1S/C24H25ClN4O3S/c1-15(30)26-17-6-5-7-18(13-17)27-22(31)14-33-24-28-21-12-16(25)10-11-20(21)23(32)29(24)19-8-3-2-4-9-19/h5-7,10-13,19H,2-4,8-9,14H2,1H3,(H,26,30)(H,27,31). The average molecular weight is 485 g/mol. The van der Waals surface area contributed by atoms with Gasteiger partial charge in [0.15, 0.2) is 5.16 Å². The normalized spacial score (nSPS) is 14.2. The van der Waals surface area contributed by atoms with Gasteiger partial charge in [-0.05, 0) is 49.2 Å². The molecular formula is C24H25ClN4O3S. The van der Waals surface area contributed by atoms with Gasteiger partial charge in [0.1, 0.15) is 0 Å². The summed E-state index contributed by atoms with van der Waals surface area (Å²) in [5, 5.41) is 7.11. The Balaban J connectivity index is 1.56. The maximum atomic E-state index is 13.4. The number of fused-ring (bicyclic) bond motifs is 1. The third-order valence-corrected chi connectivity index (χ3v) is 6.76. The first-order chi connectivity index (χ1) is 15.9. The Morgan fingerprint density at radius 3 is 2.55 bits per heavy atom. The van der Waals surface area contributed by atoms with Gasteiger partial charge in [0.2, 0.25) is 11.8 Å². The number of rotatable bonds is 6. The van der Waals surface area contributed by atoms with Crippen LogP contribution in [0.1, 0.15) is 45.1 Å². The fraction of sp³-hybridized carbons (Fsp3) is 0.333. The minimum atomic E-state index is -0.226. The van der Waals surface area contributed by atoms with Crippen molar-refractivity contribution in [3.8, 4) is 0 Å². The van der Waals surface area contributed by atoms with Crippen LogP contribution in [0.3, 0.4) is 0 Å². The van der Waals surface area contributed by atoms with Crippen molar-refractivity contribution >= 4 is 57.5 Å². The van der Waals surface area contributed by atoms with Crippen LogP contribution in [0.2, 0.25) is 5.02 Å². The second-order valence-electron chi connectivity index (χ2n) is 8.12. The predicted octanol–water partition coefficient (Wildman–Crippen LogP) is 5.24. The van der Waals surface area contributed by atoms with E-state index in [4.69, 9.17) is 16.6 Å². The molecule has 1 aromatic heterocycles. The van der Waals surface area contributed by atoms with E-state index in [1.807, 2.05) is 0 Å². The van der Waals surface area contributed by atoms with E-state index in [2.05, 4.69) is 10.6 Å². The van der Waals surface area contributed by atoms with Crippen molar-refractivity contribution in [2.75, 3.05) is 16.4 Å². The van der Waals surface area contributed by atoms with Crippen molar-refractivity contribution in [2.45, 2.75) is 50.2 Å². The van der Waals surface area contributed by atoms with E-state index < -0.39 is 0 Å². The van der Waals surface area contributed by atoms with Crippen LogP contribution in [0.25, 0.3) is 10.9 Å². The Kier molecular flexibility index (Phi) is 7.35. The summed E-state index contributed by atoms with van der Waals surface area (Å²) in [7, 11) is 0. The van der Waals surface area contributed by atoms with Gasteiger partial charge >= 0.3 is 0 Å². The summed E-state index contributed by atoms with van der Waals surface area (Å²) in [4.78, 5) is 42.0. The number of halogens is 1. The van der Waals surface area contributed by atoms with Crippen LogP contribution in [-0.2, 0) is 9.59 Å². The maximum Gasteiger partial charge on any atom is 0.262 e. The SMILES string of the molecule is CC(=O)Nc1cccc(NC(=O)CSc2nc3cc(Cl)ccc3c(=O)n2C2CCCCC2)c1. The number of carbonyl (C=O) groups excluding carboxylic acids is 2. The first kappa shape index (κ1) is 23.3. The molecule has 2 N–H and O–H groups in total. The Morgan fingerprint density at radius 1 is 1.09 bits per heavy atom. The number of nitrogens with one attached hydrogen (secondary N) is 2.